The number of carbonyl (C=O) groups is 3. The lowest BCUT2D eigenvalue weighted by Crippen LogP contribution is -2.62. The molecule has 68 heavy (non-hydrogen) atoms. The molecule has 0 amide bonds. The van der Waals surface area contributed by atoms with Crippen LogP contribution in [0.5, 0.6) is 0 Å². The lowest BCUT2D eigenvalue weighted by molar-refractivity contribution is -0.320. The van der Waals surface area contributed by atoms with Gasteiger partial charge in [-0.2, -0.15) is 0 Å². The number of pyridine rings is 1. The quantitative estimate of drug-likeness (QED) is 0.276. The van der Waals surface area contributed by atoms with E-state index in [0.29, 0.717) is 12.0 Å². The molecule has 0 saturated carbocycles. The van der Waals surface area contributed by atoms with Gasteiger partial charge in [-0.3, -0.25) is 19.4 Å². The van der Waals surface area contributed by atoms with Gasteiger partial charge in [-0.15, -0.1) is 0 Å². The molecular weight excluding hydrogens is 877 g/mol. The third-order valence-corrected chi connectivity index (χ3v) is 15.0. The van der Waals surface area contributed by atoms with Crippen LogP contribution < -0.4 is 0 Å². The van der Waals surface area contributed by atoms with E-state index in [1.54, 1.807) is 40.8 Å². The Bertz CT molecular complexity index is 2100. The Morgan fingerprint density at radius 3 is 2.34 bits per heavy atom. The Balaban J connectivity index is 1.55. The fourth-order valence-electron chi connectivity index (χ4n) is 11.2. The summed E-state index contributed by atoms with van der Waals surface area (Å²) in [4.78, 5) is 48.6. The van der Waals surface area contributed by atoms with Crippen LogP contribution in [0.1, 0.15) is 107 Å². The molecule has 0 spiro atoms. The smallest absolute Gasteiger partial charge is 0.311 e. The molecule has 2 bridgehead atoms. The number of benzene rings is 1. The van der Waals surface area contributed by atoms with Gasteiger partial charge in [0, 0.05) is 55.8 Å². The molecule has 6 rings (SSSR count). The Hall–Kier alpha value is -3.42. The molecule has 16 nitrogen and oxygen atoms in total. The van der Waals surface area contributed by atoms with Crippen LogP contribution in [0.15, 0.2) is 42.1 Å². The first-order valence-corrected chi connectivity index (χ1v) is 24.4. The maximum Gasteiger partial charge on any atom is 0.311 e. The predicted octanol–water partition coefficient (Wildman–Crippen LogP) is 6.05. The fraction of sp³-hybridized carbons (Fsp3) is 0.731. The molecule has 4 saturated heterocycles. The maximum atomic E-state index is 14.9. The number of aromatic nitrogens is 1. The summed E-state index contributed by atoms with van der Waals surface area (Å²) in [6.45, 7) is 19.2. The summed E-state index contributed by atoms with van der Waals surface area (Å²) in [6, 6.07) is 9.51. The van der Waals surface area contributed by atoms with Gasteiger partial charge in [0.25, 0.3) is 0 Å². The van der Waals surface area contributed by atoms with E-state index in [2.05, 4.69) is 0 Å². The summed E-state index contributed by atoms with van der Waals surface area (Å²) < 4.78 is 59.1. The van der Waals surface area contributed by atoms with Crippen molar-refractivity contribution in [3.05, 3.63) is 47.7 Å². The van der Waals surface area contributed by atoms with Crippen LogP contribution in [-0.2, 0) is 57.0 Å². The summed E-state index contributed by atoms with van der Waals surface area (Å²) in [6.07, 6.45) is -4.71. The van der Waals surface area contributed by atoms with Gasteiger partial charge >= 0.3 is 11.9 Å². The van der Waals surface area contributed by atoms with Gasteiger partial charge in [0.1, 0.15) is 29.2 Å². The second kappa shape index (κ2) is 21.9. The highest BCUT2D eigenvalue weighted by atomic mass is 16.7. The van der Waals surface area contributed by atoms with E-state index in [9.17, 15) is 24.6 Å². The summed E-state index contributed by atoms with van der Waals surface area (Å²) >= 11 is 0. The van der Waals surface area contributed by atoms with Crippen molar-refractivity contribution in [3.63, 3.8) is 0 Å². The molecule has 380 valence electrons. The molecule has 2 N–H and O–H groups in total. The van der Waals surface area contributed by atoms with Crippen LogP contribution in [0.2, 0.25) is 0 Å². The van der Waals surface area contributed by atoms with Crippen molar-refractivity contribution in [1.82, 2.24) is 9.88 Å². The SMILES string of the molecule is CC[C@H]1OC(=O)[C@H](C)[C@@H](OC2C[C@@](C)(OC)[C@@H](OC(C)=O)[C@H](C)O2)[C@H](C)[C@@H](O[C@@H]2O[C@H](C)C[C@H](N(C)C)[C@H]2O)[C@@]2(C)C[C@@H](C)C(=O)[C@H](C)[C@@H](OC/C(=C\c3cnc4ccccc4c3)CO2)[C@]1(C)O. The number of rotatable bonds is 9. The number of para-hydroxylation sites is 1. The molecule has 16 heteroatoms. The number of cyclic esters (lactones) is 1. The molecule has 4 fully saturated rings. The van der Waals surface area contributed by atoms with Gasteiger partial charge in [0.2, 0.25) is 0 Å². The number of fused-ring (bicyclic) bond motifs is 6. The first-order valence-electron chi connectivity index (χ1n) is 24.4. The van der Waals surface area contributed by atoms with Crippen LogP contribution in [0.3, 0.4) is 0 Å². The van der Waals surface area contributed by atoms with Crippen LogP contribution in [0.4, 0.5) is 0 Å². The minimum Gasteiger partial charge on any atom is -0.459 e. The van der Waals surface area contributed by atoms with Gasteiger partial charge in [0.05, 0.1) is 60.8 Å². The number of ether oxygens (including phenoxy) is 9. The number of aliphatic hydroxyl groups excluding tert-OH is 1. The average molecular weight is 955 g/mol. The third-order valence-electron chi connectivity index (χ3n) is 15.0. The van der Waals surface area contributed by atoms with E-state index in [1.807, 2.05) is 90.0 Å². The zero-order valence-corrected chi connectivity index (χ0v) is 42.6. The number of esters is 2. The Morgan fingerprint density at radius 1 is 0.971 bits per heavy atom. The minimum atomic E-state index is -1.85. The number of likely N-dealkylation sites (N-methyl/N-ethyl adjacent to an activating group) is 1. The number of nitrogens with zero attached hydrogens (tertiary/aromatic N) is 2. The van der Waals surface area contributed by atoms with Gasteiger partial charge < -0.3 is 57.7 Å². The fourth-order valence-corrected chi connectivity index (χ4v) is 11.2. The number of aliphatic hydroxyl groups is 2. The summed E-state index contributed by atoms with van der Waals surface area (Å²) in [5.74, 6) is -4.73. The van der Waals surface area contributed by atoms with Crippen LogP contribution >= 0.6 is 0 Å². The monoisotopic (exact) mass is 955 g/mol. The van der Waals surface area contributed by atoms with Crippen molar-refractivity contribution < 1.29 is 67.2 Å². The number of ketones is 1. The first kappa shape index (κ1) is 53.9. The van der Waals surface area contributed by atoms with Crippen LogP contribution in [0, 0.1) is 23.7 Å². The highest BCUT2D eigenvalue weighted by Gasteiger charge is 2.55. The van der Waals surface area contributed by atoms with Gasteiger partial charge in [0.15, 0.2) is 18.7 Å². The summed E-state index contributed by atoms with van der Waals surface area (Å²) in [5, 5.41) is 25.6. The number of methoxy groups -OCH3 is 1. The van der Waals surface area contributed by atoms with Gasteiger partial charge in [-0.1, -0.05) is 45.9 Å². The lowest BCUT2D eigenvalue weighted by Gasteiger charge is -2.50. The van der Waals surface area contributed by atoms with Gasteiger partial charge in [-0.25, -0.2) is 0 Å². The topological polar surface area (TPSA) is 191 Å². The Labute approximate surface area is 402 Å². The molecule has 2 aromatic rings. The average Bonchev–Trinajstić information content (AvgIpc) is 3.29. The van der Waals surface area contributed by atoms with Crippen molar-refractivity contribution >= 4 is 34.7 Å². The highest BCUT2D eigenvalue weighted by molar-refractivity contribution is 5.84. The lowest BCUT2D eigenvalue weighted by atomic mass is 9.73. The normalized spacial score (nSPS) is 42.0. The number of hydrogen-bond donors (Lipinski definition) is 2. The van der Waals surface area contributed by atoms with Crippen molar-refractivity contribution in [3.8, 4) is 0 Å². The Morgan fingerprint density at radius 2 is 1.68 bits per heavy atom. The van der Waals surface area contributed by atoms with Crippen molar-refractivity contribution in [2.75, 3.05) is 34.4 Å². The van der Waals surface area contributed by atoms with E-state index in [1.165, 1.54) is 14.0 Å². The Kier molecular flexibility index (Phi) is 17.4. The first-order chi connectivity index (χ1) is 31.9. The van der Waals surface area contributed by atoms with E-state index >= 15 is 0 Å². The summed E-state index contributed by atoms with van der Waals surface area (Å²) in [5.41, 5.74) is -1.98. The van der Waals surface area contributed by atoms with Crippen molar-refractivity contribution in [1.29, 1.82) is 0 Å². The number of Topliss-reactive ketones (excluding diaryl/α,β-unsaturated/α-hetero) is 1. The van der Waals surface area contributed by atoms with Crippen LogP contribution in [-0.4, -0.2) is 156 Å². The molecule has 4 aliphatic heterocycles. The second-order valence-electron chi connectivity index (χ2n) is 20.9. The minimum absolute atomic E-state index is 0.00837. The molecule has 5 heterocycles. The number of hydrogen-bond acceptors (Lipinski definition) is 16. The maximum absolute atomic E-state index is 14.9. The molecular formula is C52H78N2O14. The largest absolute Gasteiger partial charge is 0.459 e. The van der Waals surface area contributed by atoms with E-state index < -0.39 is 108 Å². The highest BCUT2D eigenvalue weighted by Crippen LogP contribution is 2.43. The van der Waals surface area contributed by atoms with E-state index in [4.69, 9.17) is 47.6 Å². The molecule has 0 aliphatic carbocycles. The third kappa shape index (κ3) is 11.7. The molecule has 1 aromatic carbocycles. The second-order valence-corrected chi connectivity index (χ2v) is 20.9. The molecule has 18 atom stereocenters. The molecule has 4 aliphatic rings. The number of carbonyl (C=O) groups excluding carboxylic acids is 3. The van der Waals surface area contributed by atoms with Crippen molar-refractivity contribution in [2.45, 2.75) is 186 Å². The van der Waals surface area contributed by atoms with Gasteiger partial charge in [-0.05, 0) is 104 Å². The zero-order valence-electron chi connectivity index (χ0n) is 42.6. The van der Waals surface area contributed by atoms with Crippen molar-refractivity contribution in [2.24, 2.45) is 23.7 Å². The predicted molar refractivity (Wildman–Crippen MR) is 253 cm³/mol. The van der Waals surface area contributed by atoms with E-state index in [-0.39, 0.29) is 50.4 Å². The molecule has 0 radical (unpaired) electrons. The standard InChI is InChI=1S/C52H78N2O14/c1-15-40-52(11,59)46-30(4)42(56)28(2)23-51(10,62-27-36(26-61-46)21-35-22-37-18-16-17-19-38(37)53-25-35)45(68-49-43(57)39(54(12)13)20-29(3)63-49)31(5)44(32(6)48(58)66-40)67-41-24-50(9,60-14)47(33(7)64-41)65-34(8)55/h16-19,21-22,25,28-33,39-41,43-47,49,57,59H,15,20,23-24,26-27H2,1-14H3/b36-21+/t28-,29-,30+,31+,32-,33+,39+,40-,41?,43-,44+,45-,46-,47+,49+,50-,51-,52-/m1/s1. The molecule has 1 aromatic heterocycles. The molecule has 1 unspecified atom stereocenters. The van der Waals surface area contributed by atoms with E-state index in [0.717, 1.165) is 16.5 Å². The summed E-state index contributed by atoms with van der Waals surface area (Å²) in [7, 11) is 5.32. The zero-order chi connectivity index (χ0) is 50.0. The van der Waals surface area contributed by atoms with Crippen LogP contribution in [0.25, 0.3) is 17.0 Å².